The summed E-state index contributed by atoms with van der Waals surface area (Å²) in [6.45, 7) is 6.43. The third kappa shape index (κ3) is 3.93. The van der Waals surface area contributed by atoms with Crippen molar-refractivity contribution in [3.63, 3.8) is 0 Å². The van der Waals surface area contributed by atoms with Crippen molar-refractivity contribution < 1.29 is 9.21 Å². The van der Waals surface area contributed by atoms with E-state index in [1.165, 1.54) is 0 Å². The number of amides is 1. The van der Waals surface area contributed by atoms with Crippen LogP contribution in [-0.4, -0.2) is 17.4 Å². The van der Waals surface area contributed by atoms with Crippen LogP contribution in [0.25, 0.3) is 0 Å². The van der Waals surface area contributed by atoms with Gasteiger partial charge in [-0.1, -0.05) is 17.7 Å². The maximum atomic E-state index is 11.7. The number of carbonyl (C=O) groups excluding carboxylic acids is 1. The van der Waals surface area contributed by atoms with Gasteiger partial charge in [0, 0.05) is 5.69 Å². The molecule has 0 fully saturated rings. The smallest absolute Gasteiger partial charge is 0.238 e. The molecular weight excluding hydrogens is 254 g/mol. The maximum Gasteiger partial charge on any atom is 0.238 e. The molecule has 0 atom stereocenters. The number of aryl methyl sites for hydroxylation is 3. The standard InChI is InChI=1S/C15H19N3O2/c1-10-4-6-13(7-5-10)18-14(19)8-16-9-15-17-11(2)12(3)20-15/h4-7,16H,8-9H2,1-3H3,(H,18,19). The molecule has 0 saturated heterocycles. The fraction of sp³-hybridized carbons (Fsp3) is 0.333. The lowest BCUT2D eigenvalue weighted by atomic mass is 10.2. The Hall–Kier alpha value is -2.14. The molecule has 5 nitrogen and oxygen atoms in total. The topological polar surface area (TPSA) is 67.2 Å². The number of hydrogen-bond acceptors (Lipinski definition) is 4. The number of nitrogens with one attached hydrogen (secondary N) is 2. The van der Waals surface area contributed by atoms with E-state index in [1.807, 2.05) is 45.0 Å². The fourth-order valence-electron chi connectivity index (χ4n) is 1.74. The second kappa shape index (κ2) is 6.34. The van der Waals surface area contributed by atoms with Crippen molar-refractivity contribution in [1.29, 1.82) is 0 Å². The molecule has 1 heterocycles. The molecule has 2 aromatic rings. The lowest BCUT2D eigenvalue weighted by Gasteiger charge is -2.05. The van der Waals surface area contributed by atoms with Crippen molar-refractivity contribution in [2.45, 2.75) is 27.3 Å². The number of benzene rings is 1. The van der Waals surface area contributed by atoms with Gasteiger partial charge >= 0.3 is 0 Å². The van der Waals surface area contributed by atoms with E-state index >= 15 is 0 Å². The van der Waals surface area contributed by atoms with Gasteiger partial charge in [0.05, 0.1) is 18.8 Å². The second-order valence-corrected chi connectivity index (χ2v) is 4.77. The SMILES string of the molecule is Cc1ccc(NC(=O)CNCc2nc(C)c(C)o2)cc1. The minimum atomic E-state index is -0.0890. The zero-order chi connectivity index (χ0) is 14.5. The van der Waals surface area contributed by atoms with Crippen LogP contribution in [-0.2, 0) is 11.3 Å². The van der Waals surface area contributed by atoms with Crippen LogP contribution in [0.4, 0.5) is 5.69 Å². The van der Waals surface area contributed by atoms with Gasteiger partial charge in [0.25, 0.3) is 0 Å². The molecule has 0 aliphatic heterocycles. The molecule has 20 heavy (non-hydrogen) atoms. The van der Waals surface area contributed by atoms with Crippen LogP contribution in [0.3, 0.4) is 0 Å². The first kappa shape index (κ1) is 14.3. The molecule has 5 heteroatoms. The molecule has 0 radical (unpaired) electrons. The predicted molar refractivity (Wildman–Crippen MR) is 77.5 cm³/mol. The Labute approximate surface area is 118 Å². The van der Waals surface area contributed by atoms with Gasteiger partial charge in [0.15, 0.2) is 0 Å². The maximum absolute atomic E-state index is 11.7. The number of carbonyl (C=O) groups is 1. The predicted octanol–water partition coefficient (Wildman–Crippen LogP) is 2.33. The van der Waals surface area contributed by atoms with E-state index in [0.29, 0.717) is 12.4 Å². The number of aromatic nitrogens is 1. The molecule has 1 aromatic heterocycles. The first-order chi connectivity index (χ1) is 9.54. The molecule has 0 aliphatic rings. The lowest BCUT2D eigenvalue weighted by Crippen LogP contribution is -2.27. The van der Waals surface area contributed by atoms with Gasteiger partial charge in [-0.05, 0) is 32.9 Å². The Morgan fingerprint density at radius 1 is 1.20 bits per heavy atom. The molecular formula is C15H19N3O2. The number of hydrogen-bond donors (Lipinski definition) is 2. The molecule has 0 aliphatic carbocycles. The van der Waals surface area contributed by atoms with Crippen LogP contribution >= 0.6 is 0 Å². The van der Waals surface area contributed by atoms with Crippen LogP contribution in [0.2, 0.25) is 0 Å². The van der Waals surface area contributed by atoms with E-state index in [2.05, 4.69) is 15.6 Å². The monoisotopic (exact) mass is 273 g/mol. The van der Waals surface area contributed by atoms with E-state index in [0.717, 1.165) is 22.7 Å². The Morgan fingerprint density at radius 2 is 1.90 bits per heavy atom. The first-order valence-corrected chi connectivity index (χ1v) is 6.55. The van der Waals surface area contributed by atoms with Crippen molar-refractivity contribution >= 4 is 11.6 Å². The quantitative estimate of drug-likeness (QED) is 0.877. The molecule has 0 saturated carbocycles. The summed E-state index contributed by atoms with van der Waals surface area (Å²) in [5.41, 5.74) is 2.84. The van der Waals surface area contributed by atoms with Crippen LogP contribution in [0.1, 0.15) is 22.9 Å². The average molecular weight is 273 g/mol. The summed E-state index contributed by atoms with van der Waals surface area (Å²) in [6.07, 6.45) is 0. The van der Waals surface area contributed by atoms with E-state index in [9.17, 15) is 4.79 Å². The highest BCUT2D eigenvalue weighted by Gasteiger charge is 2.06. The molecule has 0 unspecified atom stereocenters. The summed E-state index contributed by atoms with van der Waals surface area (Å²) >= 11 is 0. The minimum Gasteiger partial charge on any atom is -0.444 e. The van der Waals surface area contributed by atoms with E-state index in [4.69, 9.17) is 4.42 Å². The number of rotatable bonds is 5. The van der Waals surface area contributed by atoms with E-state index in [-0.39, 0.29) is 12.5 Å². The summed E-state index contributed by atoms with van der Waals surface area (Å²) in [4.78, 5) is 16.0. The molecule has 106 valence electrons. The van der Waals surface area contributed by atoms with Crippen molar-refractivity contribution in [1.82, 2.24) is 10.3 Å². The van der Waals surface area contributed by atoms with Gasteiger partial charge < -0.3 is 9.73 Å². The fourth-order valence-corrected chi connectivity index (χ4v) is 1.74. The van der Waals surface area contributed by atoms with Gasteiger partial charge in [-0.15, -0.1) is 0 Å². The Bertz CT molecular complexity index is 568. The van der Waals surface area contributed by atoms with Gasteiger partial charge in [-0.3, -0.25) is 10.1 Å². The summed E-state index contributed by atoms with van der Waals surface area (Å²) < 4.78 is 5.42. The largest absolute Gasteiger partial charge is 0.444 e. The third-order valence-electron chi connectivity index (χ3n) is 2.97. The van der Waals surface area contributed by atoms with Crippen LogP contribution in [0.15, 0.2) is 28.7 Å². The summed E-state index contributed by atoms with van der Waals surface area (Å²) in [6, 6.07) is 7.69. The molecule has 0 bridgehead atoms. The Balaban J connectivity index is 1.76. The van der Waals surface area contributed by atoms with Crippen molar-refractivity contribution in [3.05, 3.63) is 47.2 Å². The van der Waals surface area contributed by atoms with E-state index < -0.39 is 0 Å². The van der Waals surface area contributed by atoms with Crippen molar-refractivity contribution in [2.24, 2.45) is 0 Å². The van der Waals surface area contributed by atoms with Crippen LogP contribution in [0, 0.1) is 20.8 Å². The molecule has 0 spiro atoms. The normalized spacial score (nSPS) is 10.6. The van der Waals surface area contributed by atoms with Gasteiger partial charge in [0.1, 0.15) is 5.76 Å². The molecule has 2 rings (SSSR count). The van der Waals surface area contributed by atoms with Crippen molar-refractivity contribution in [2.75, 3.05) is 11.9 Å². The minimum absolute atomic E-state index is 0.0890. The highest BCUT2D eigenvalue weighted by Crippen LogP contribution is 2.09. The summed E-state index contributed by atoms with van der Waals surface area (Å²) in [5.74, 6) is 1.32. The van der Waals surface area contributed by atoms with Gasteiger partial charge in [0.2, 0.25) is 11.8 Å². The molecule has 2 N–H and O–H groups in total. The van der Waals surface area contributed by atoms with Crippen LogP contribution < -0.4 is 10.6 Å². The Morgan fingerprint density at radius 3 is 2.50 bits per heavy atom. The third-order valence-corrected chi connectivity index (χ3v) is 2.97. The molecule has 1 aromatic carbocycles. The second-order valence-electron chi connectivity index (χ2n) is 4.77. The van der Waals surface area contributed by atoms with Gasteiger partial charge in [-0.2, -0.15) is 0 Å². The van der Waals surface area contributed by atoms with Crippen molar-refractivity contribution in [3.8, 4) is 0 Å². The van der Waals surface area contributed by atoms with Gasteiger partial charge in [-0.25, -0.2) is 4.98 Å². The summed E-state index contributed by atoms with van der Waals surface area (Å²) in [5, 5.41) is 5.82. The number of nitrogens with zero attached hydrogens (tertiary/aromatic N) is 1. The number of oxazole rings is 1. The highest BCUT2D eigenvalue weighted by molar-refractivity contribution is 5.92. The van der Waals surface area contributed by atoms with E-state index in [1.54, 1.807) is 0 Å². The first-order valence-electron chi connectivity index (χ1n) is 6.55. The summed E-state index contributed by atoms with van der Waals surface area (Å²) in [7, 11) is 0. The number of anilines is 1. The Kier molecular flexibility index (Phi) is 4.53. The average Bonchev–Trinajstić information content (AvgIpc) is 2.71. The van der Waals surface area contributed by atoms with Crippen LogP contribution in [0.5, 0.6) is 0 Å². The zero-order valence-corrected chi connectivity index (χ0v) is 12.0. The zero-order valence-electron chi connectivity index (χ0n) is 12.0. The highest BCUT2D eigenvalue weighted by atomic mass is 16.4. The lowest BCUT2D eigenvalue weighted by molar-refractivity contribution is -0.115. The molecule has 1 amide bonds.